The maximum atomic E-state index is 5.85. The van der Waals surface area contributed by atoms with Crippen LogP contribution in [0.1, 0.15) is 22.3 Å². The van der Waals surface area contributed by atoms with Crippen molar-refractivity contribution in [3.8, 4) is 5.75 Å². The SMILES string of the molecule is CN=C(NCCc1cccc(C)c1)NCc1ccc(C)cc1OCCOC.I. The molecule has 2 N–H and O–H groups in total. The fourth-order valence-electron chi connectivity index (χ4n) is 2.77. The van der Waals surface area contributed by atoms with E-state index in [9.17, 15) is 0 Å². The van der Waals surface area contributed by atoms with Crippen LogP contribution in [-0.2, 0) is 17.7 Å². The van der Waals surface area contributed by atoms with Gasteiger partial charge >= 0.3 is 0 Å². The first-order chi connectivity index (χ1) is 13.1. The Balaban J connectivity index is 0.00000392. The van der Waals surface area contributed by atoms with Gasteiger partial charge in [0.25, 0.3) is 0 Å². The second kappa shape index (κ2) is 13.4. The van der Waals surface area contributed by atoms with Crippen molar-refractivity contribution in [3.05, 3.63) is 64.7 Å². The van der Waals surface area contributed by atoms with Gasteiger partial charge in [-0.15, -0.1) is 24.0 Å². The number of hydrogen-bond acceptors (Lipinski definition) is 3. The van der Waals surface area contributed by atoms with Crippen LogP contribution in [0.4, 0.5) is 0 Å². The fraction of sp³-hybridized carbons (Fsp3) is 0.409. The Labute approximate surface area is 186 Å². The van der Waals surface area contributed by atoms with Crippen LogP contribution in [0, 0.1) is 13.8 Å². The number of nitrogens with one attached hydrogen (secondary N) is 2. The molecule has 0 radical (unpaired) electrons. The zero-order valence-corrected chi connectivity index (χ0v) is 19.6. The summed E-state index contributed by atoms with van der Waals surface area (Å²) in [6, 6.07) is 14.8. The summed E-state index contributed by atoms with van der Waals surface area (Å²) in [5.41, 5.74) is 4.88. The highest BCUT2D eigenvalue weighted by Crippen LogP contribution is 2.20. The van der Waals surface area contributed by atoms with E-state index in [-0.39, 0.29) is 24.0 Å². The van der Waals surface area contributed by atoms with Gasteiger partial charge in [0, 0.05) is 32.8 Å². The molecule has 2 rings (SSSR count). The van der Waals surface area contributed by atoms with Crippen LogP contribution >= 0.6 is 24.0 Å². The molecule has 2 aromatic carbocycles. The van der Waals surface area contributed by atoms with Crippen LogP contribution in [-0.4, -0.2) is 39.9 Å². The van der Waals surface area contributed by atoms with Crippen LogP contribution in [0.15, 0.2) is 47.5 Å². The van der Waals surface area contributed by atoms with E-state index in [1.807, 2.05) is 0 Å². The van der Waals surface area contributed by atoms with E-state index >= 15 is 0 Å². The number of aliphatic imine (C=N–C) groups is 1. The molecule has 0 aromatic heterocycles. The summed E-state index contributed by atoms with van der Waals surface area (Å²) in [7, 11) is 3.46. The molecule has 5 nitrogen and oxygen atoms in total. The lowest BCUT2D eigenvalue weighted by Gasteiger charge is -2.15. The van der Waals surface area contributed by atoms with Crippen molar-refractivity contribution in [1.29, 1.82) is 0 Å². The average Bonchev–Trinajstić information content (AvgIpc) is 2.66. The minimum Gasteiger partial charge on any atom is -0.491 e. The number of halogens is 1. The number of methoxy groups -OCH3 is 1. The first-order valence-corrected chi connectivity index (χ1v) is 9.33. The molecule has 2 aromatic rings. The third-order valence-electron chi connectivity index (χ3n) is 4.23. The average molecular weight is 497 g/mol. The maximum Gasteiger partial charge on any atom is 0.191 e. The second-order valence-corrected chi connectivity index (χ2v) is 6.54. The Kier molecular flexibility index (Phi) is 11.6. The van der Waals surface area contributed by atoms with Gasteiger partial charge in [-0.05, 0) is 37.5 Å². The molecular formula is C22H32IN3O2. The Morgan fingerprint density at radius 2 is 1.79 bits per heavy atom. The van der Waals surface area contributed by atoms with E-state index in [2.05, 4.69) is 71.9 Å². The molecular weight excluding hydrogens is 465 g/mol. The van der Waals surface area contributed by atoms with Crippen molar-refractivity contribution in [3.63, 3.8) is 0 Å². The lowest BCUT2D eigenvalue weighted by Crippen LogP contribution is -2.38. The lowest BCUT2D eigenvalue weighted by atomic mass is 10.1. The molecule has 0 fully saturated rings. The molecule has 0 amide bonds. The van der Waals surface area contributed by atoms with Crippen molar-refractivity contribution < 1.29 is 9.47 Å². The molecule has 0 aliphatic heterocycles. The highest BCUT2D eigenvalue weighted by molar-refractivity contribution is 14.0. The molecule has 6 heteroatoms. The Hall–Kier alpha value is -1.80. The zero-order valence-electron chi connectivity index (χ0n) is 17.2. The van der Waals surface area contributed by atoms with Crippen LogP contribution in [0.5, 0.6) is 5.75 Å². The van der Waals surface area contributed by atoms with Crippen molar-refractivity contribution in [2.45, 2.75) is 26.8 Å². The van der Waals surface area contributed by atoms with Crippen molar-refractivity contribution >= 4 is 29.9 Å². The highest BCUT2D eigenvalue weighted by atomic mass is 127. The first kappa shape index (κ1) is 24.2. The molecule has 0 saturated carbocycles. The predicted molar refractivity (Wildman–Crippen MR) is 127 cm³/mol. The molecule has 0 unspecified atom stereocenters. The van der Waals surface area contributed by atoms with Crippen molar-refractivity contribution in [2.75, 3.05) is 33.9 Å². The third kappa shape index (κ3) is 8.48. The molecule has 0 aliphatic carbocycles. The molecule has 0 spiro atoms. The van der Waals surface area contributed by atoms with Crippen LogP contribution in [0.3, 0.4) is 0 Å². The van der Waals surface area contributed by atoms with Gasteiger partial charge in [0.05, 0.1) is 6.61 Å². The van der Waals surface area contributed by atoms with Gasteiger partial charge in [-0.2, -0.15) is 0 Å². The molecule has 0 saturated heterocycles. The Morgan fingerprint density at radius 3 is 2.50 bits per heavy atom. The van der Waals surface area contributed by atoms with Crippen molar-refractivity contribution in [2.24, 2.45) is 4.99 Å². The minimum absolute atomic E-state index is 0. The molecule has 0 atom stereocenters. The largest absolute Gasteiger partial charge is 0.491 e. The van der Waals surface area contributed by atoms with Crippen LogP contribution in [0.2, 0.25) is 0 Å². The summed E-state index contributed by atoms with van der Waals surface area (Å²) in [6.45, 7) is 6.76. The summed E-state index contributed by atoms with van der Waals surface area (Å²) in [5.74, 6) is 1.67. The second-order valence-electron chi connectivity index (χ2n) is 6.54. The van der Waals surface area contributed by atoms with Crippen molar-refractivity contribution in [1.82, 2.24) is 10.6 Å². The minimum atomic E-state index is 0. The number of ether oxygens (including phenoxy) is 2. The van der Waals surface area contributed by atoms with E-state index in [0.717, 1.165) is 30.2 Å². The quantitative estimate of drug-likeness (QED) is 0.239. The van der Waals surface area contributed by atoms with Gasteiger partial charge in [-0.25, -0.2) is 0 Å². The molecule has 28 heavy (non-hydrogen) atoms. The normalized spacial score (nSPS) is 10.9. The number of rotatable bonds is 9. The molecule has 0 heterocycles. The number of nitrogens with zero attached hydrogens (tertiary/aromatic N) is 1. The summed E-state index contributed by atoms with van der Waals surface area (Å²) < 4.78 is 10.9. The van der Waals surface area contributed by atoms with E-state index in [4.69, 9.17) is 9.47 Å². The van der Waals surface area contributed by atoms with Gasteiger partial charge in [0.2, 0.25) is 0 Å². The number of guanidine groups is 1. The van der Waals surface area contributed by atoms with E-state index in [0.29, 0.717) is 19.8 Å². The van der Waals surface area contributed by atoms with E-state index in [1.54, 1.807) is 14.2 Å². The smallest absolute Gasteiger partial charge is 0.191 e. The number of hydrogen-bond donors (Lipinski definition) is 2. The molecule has 0 bridgehead atoms. The standard InChI is InChI=1S/C22H31N3O2.HI/c1-17-6-5-7-19(14-17)10-11-24-22(23-3)25-16-20-9-8-18(2)15-21(20)27-13-12-26-4;/h5-9,14-15H,10-13,16H2,1-4H3,(H2,23,24,25);1H. The topological polar surface area (TPSA) is 54.9 Å². The number of benzene rings is 2. The molecule has 154 valence electrons. The van der Waals surface area contributed by atoms with Gasteiger partial charge in [0.15, 0.2) is 5.96 Å². The van der Waals surface area contributed by atoms with Gasteiger partial charge < -0.3 is 20.1 Å². The summed E-state index contributed by atoms with van der Waals surface area (Å²) in [4.78, 5) is 4.31. The Bertz CT molecular complexity index is 750. The van der Waals surface area contributed by atoms with Gasteiger partial charge in [-0.1, -0.05) is 42.0 Å². The highest BCUT2D eigenvalue weighted by Gasteiger charge is 2.06. The van der Waals surface area contributed by atoms with Crippen LogP contribution < -0.4 is 15.4 Å². The Morgan fingerprint density at radius 1 is 1.00 bits per heavy atom. The summed E-state index contributed by atoms with van der Waals surface area (Å²) in [5, 5.41) is 6.73. The monoisotopic (exact) mass is 497 g/mol. The summed E-state index contributed by atoms with van der Waals surface area (Å²) in [6.07, 6.45) is 0.957. The van der Waals surface area contributed by atoms with E-state index < -0.39 is 0 Å². The predicted octanol–water partition coefficient (Wildman–Crippen LogP) is 3.85. The summed E-state index contributed by atoms with van der Waals surface area (Å²) >= 11 is 0. The fourth-order valence-corrected chi connectivity index (χ4v) is 2.77. The van der Waals surface area contributed by atoms with Crippen LogP contribution in [0.25, 0.3) is 0 Å². The number of aryl methyl sites for hydroxylation is 2. The zero-order chi connectivity index (χ0) is 19.5. The maximum absolute atomic E-state index is 5.85. The first-order valence-electron chi connectivity index (χ1n) is 9.33. The van der Waals surface area contributed by atoms with Gasteiger partial charge in [0.1, 0.15) is 12.4 Å². The van der Waals surface area contributed by atoms with Gasteiger partial charge in [-0.3, -0.25) is 4.99 Å². The third-order valence-corrected chi connectivity index (χ3v) is 4.23. The van der Waals surface area contributed by atoms with E-state index in [1.165, 1.54) is 16.7 Å². The molecule has 0 aliphatic rings. The lowest BCUT2D eigenvalue weighted by molar-refractivity contribution is 0.145.